The van der Waals surface area contributed by atoms with Crippen LogP contribution in [0.25, 0.3) is 0 Å². The molecule has 2 aromatic rings. The molecule has 1 N–H and O–H groups in total. The number of carboxylic acids is 1. The van der Waals surface area contributed by atoms with Gasteiger partial charge in [-0.2, -0.15) is 0 Å². The lowest BCUT2D eigenvalue weighted by molar-refractivity contribution is -0.145. The van der Waals surface area contributed by atoms with Crippen LogP contribution in [0.2, 0.25) is 0 Å². The van der Waals surface area contributed by atoms with Gasteiger partial charge in [0.25, 0.3) is 0 Å². The lowest BCUT2D eigenvalue weighted by Crippen LogP contribution is -2.41. The summed E-state index contributed by atoms with van der Waals surface area (Å²) in [5, 5.41) is 9.69. The second kappa shape index (κ2) is 5.66. The SMILES string of the molecule is CC(c1ccccn1)N1CCc2ccccc2C1C(=O)O. The minimum absolute atomic E-state index is 0.0272. The van der Waals surface area contributed by atoms with Crippen molar-refractivity contribution in [2.24, 2.45) is 0 Å². The molecular formula is C17H18N2O2. The highest BCUT2D eigenvalue weighted by Gasteiger charge is 2.36. The van der Waals surface area contributed by atoms with Crippen LogP contribution in [-0.4, -0.2) is 27.5 Å². The van der Waals surface area contributed by atoms with E-state index in [-0.39, 0.29) is 6.04 Å². The third-order valence-electron chi connectivity index (χ3n) is 4.17. The molecule has 1 aromatic heterocycles. The van der Waals surface area contributed by atoms with Gasteiger partial charge in [0.2, 0.25) is 0 Å². The van der Waals surface area contributed by atoms with Gasteiger partial charge in [-0.25, -0.2) is 0 Å². The monoisotopic (exact) mass is 282 g/mol. The first-order valence-electron chi connectivity index (χ1n) is 7.16. The van der Waals surface area contributed by atoms with Crippen molar-refractivity contribution in [3.8, 4) is 0 Å². The van der Waals surface area contributed by atoms with E-state index in [2.05, 4.69) is 4.98 Å². The Labute approximate surface area is 124 Å². The molecule has 3 rings (SSSR count). The zero-order valence-electron chi connectivity index (χ0n) is 11.9. The van der Waals surface area contributed by atoms with Gasteiger partial charge >= 0.3 is 5.97 Å². The summed E-state index contributed by atoms with van der Waals surface area (Å²) in [7, 11) is 0. The van der Waals surface area contributed by atoms with E-state index in [1.165, 1.54) is 0 Å². The van der Waals surface area contributed by atoms with Crippen molar-refractivity contribution >= 4 is 5.97 Å². The fourth-order valence-electron chi connectivity index (χ4n) is 3.07. The molecule has 0 aliphatic carbocycles. The van der Waals surface area contributed by atoms with Crippen molar-refractivity contribution in [3.63, 3.8) is 0 Å². The van der Waals surface area contributed by atoms with Crippen LogP contribution in [0.3, 0.4) is 0 Å². The molecule has 1 aliphatic rings. The van der Waals surface area contributed by atoms with Gasteiger partial charge in [-0.1, -0.05) is 30.3 Å². The maximum absolute atomic E-state index is 11.8. The Bertz CT molecular complexity index is 642. The molecule has 21 heavy (non-hydrogen) atoms. The molecule has 2 atom stereocenters. The molecule has 0 amide bonds. The number of carboxylic acid groups (broad SMARTS) is 1. The van der Waals surface area contributed by atoms with Crippen LogP contribution in [0.15, 0.2) is 48.7 Å². The Balaban J connectivity index is 1.98. The van der Waals surface area contributed by atoms with Crippen molar-refractivity contribution < 1.29 is 9.90 Å². The van der Waals surface area contributed by atoms with Crippen molar-refractivity contribution in [2.45, 2.75) is 25.4 Å². The zero-order chi connectivity index (χ0) is 14.8. The van der Waals surface area contributed by atoms with Gasteiger partial charge in [-0.3, -0.25) is 14.7 Å². The molecule has 0 saturated heterocycles. The van der Waals surface area contributed by atoms with E-state index in [0.717, 1.165) is 29.8 Å². The predicted octanol–water partition coefficient (Wildman–Crippen LogP) is 2.83. The average molecular weight is 282 g/mol. The van der Waals surface area contributed by atoms with Gasteiger partial charge in [0.05, 0.1) is 11.7 Å². The fourth-order valence-corrected chi connectivity index (χ4v) is 3.07. The number of hydrogen-bond acceptors (Lipinski definition) is 3. The Hall–Kier alpha value is -2.20. The van der Waals surface area contributed by atoms with Gasteiger partial charge in [0, 0.05) is 12.7 Å². The van der Waals surface area contributed by atoms with Crippen LogP contribution in [0.4, 0.5) is 0 Å². The smallest absolute Gasteiger partial charge is 0.325 e. The Morgan fingerprint density at radius 2 is 2.05 bits per heavy atom. The van der Waals surface area contributed by atoms with E-state index in [9.17, 15) is 9.90 Å². The second-order valence-electron chi connectivity index (χ2n) is 5.36. The fraction of sp³-hybridized carbons (Fsp3) is 0.294. The number of aromatic nitrogens is 1. The first-order valence-corrected chi connectivity index (χ1v) is 7.16. The van der Waals surface area contributed by atoms with Gasteiger partial charge in [-0.15, -0.1) is 0 Å². The van der Waals surface area contributed by atoms with Crippen LogP contribution < -0.4 is 0 Å². The van der Waals surface area contributed by atoms with Gasteiger partial charge in [-0.05, 0) is 36.6 Å². The Morgan fingerprint density at radius 3 is 2.76 bits per heavy atom. The average Bonchev–Trinajstić information content (AvgIpc) is 2.53. The normalized spacial score (nSPS) is 19.8. The van der Waals surface area contributed by atoms with E-state index < -0.39 is 12.0 Å². The van der Waals surface area contributed by atoms with Crippen molar-refractivity contribution in [1.82, 2.24) is 9.88 Å². The van der Waals surface area contributed by atoms with Crippen LogP contribution in [0.1, 0.15) is 35.8 Å². The van der Waals surface area contributed by atoms with Crippen LogP contribution >= 0.6 is 0 Å². The molecule has 0 saturated carbocycles. The Kier molecular flexibility index (Phi) is 3.71. The van der Waals surface area contributed by atoms with Crippen LogP contribution in [0, 0.1) is 0 Å². The summed E-state index contributed by atoms with van der Waals surface area (Å²) in [4.78, 5) is 18.2. The molecule has 0 radical (unpaired) electrons. The summed E-state index contributed by atoms with van der Waals surface area (Å²) in [6.07, 6.45) is 2.62. The summed E-state index contributed by atoms with van der Waals surface area (Å²) in [5.41, 5.74) is 2.94. The van der Waals surface area contributed by atoms with E-state index in [1.807, 2.05) is 54.3 Å². The minimum atomic E-state index is -0.801. The lowest BCUT2D eigenvalue weighted by atomic mass is 9.91. The topological polar surface area (TPSA) is 53.4 Å². The molecule has 108 valence electrons. The molecule has 0 bridgehead atoms. The number of nitrogens with zero attached hydrogens (tertiary/aromatic N) is 2. The van der Waals surface area contributed by atoms with Gasteiger partial charge < -0.3 is 5.11 Å². The van der Waals surface area contributed by atoms with E-state index in [1.54, 1.807) is 6.20 Å². The highest BCUT2D eigenvalue weighted by molar-refractivity contribution is 5.76. The number of rotatable bonds is 3. The molecule has 1 aliphatic heterocycles. The van der Waals surface area contributed by atoms with E-state index >= 15 is 0 Å². The lowest BCUT2D eigenvalue weighted by Gasteiger charge is -2.38. The molecule has 4 nitrogen and oxygen atoms in total. The largest absolute Gasteiger partial charge is 0.480 e. The summed E-state index contributed by atoms with van der Waals surface area (Å²) >= 11 is 0. The molecule has 2 unspecified atom stereocenters. The number of aliphatic carboxylic acids is 1. The quantitative estimate of drug-likeness (QED) is 0.940. The first kappa shape index (κ1) is 13.8. The maximum Gasteiger partial charge on any atom is 0.325 e. The summed E-state index contributed by atoms with van der Waals surface area (Å²) in [5.74, 6) is -0.801. The number of benzene rings is 1. The summed E-state index contributed by atoms with van der Waals surface area (Å²) in [6, 6.07) is 12.9. The third-order valence-corrected chi connectivity index (χ3v) is 4.17. The summed E-state index contributed by atoms with van der Waals surface area (Å²) in [6.45, 7) is 2.75. The molecule has 0 fully saturated rings. The molecule has 0 spiro atoms. The second-order valence-corrected chi connectivity index (χ2v) is 5.36. The first-order chi connectivity index (χ1) is 10.2. The number of hydrogen-bond donors (Lipinski definition) is 1. The van der Waals surface area contributed by atoms with Crippen LogP contribution in [0.5, 0.6) is 0 Å². The highest BCUT2D eigenvalue weighted by Crippen LogP contribution is 2.35. The van der Waals surface area contributed by atoms with Crippen molar-refractivity contribution in [3.05, 3.63) is 65.5 Å². The molecule has 1 aromatic carbocycles. The van der Waals surface area contributed by atoms with E-state index in [0.29, 0.717) is 0 Å². The molecular weight excluding hydrogens is 264 g/mol. The van der Waals surface area contributed by atoms with Gasteiger partial charge in [0.1, 0.15) is 6.04 Å². The Morgan fingerprint density at radius 1 is 1.29 bits per heavy atom. The predicted molar refractivity (Wildman–Crippen MR) is 79.9 cm³/mol. The number of pyridine rings is 1. The third kappa shape index (κ3) is 2.54. The summed E-state index contributed by atoms with van der Waals surface area (Å²) < 4.78 is 0. The maximum atomic E-state index is 11.8. The highest BCUT2D eigenvalue weighted by atomic mass is 16.4. The minimum Gasteiger partial charge on any atom is -0.480 e. The van der Waals surface area contributed by atoms with Crippen molar-refractivity contribution in [1.29, 1.82) is 0 Å². The molecule has 4 heteroatoms. The van der Waals surface area contributed by atoms with E-state index in [4.69, 9.17) is 0 Å². The van der Waals surface area contributed by atoms with Gasteiger partial charge in [0.15, 0.2) is 0 Å². The van der Waals surface area contributed by atoms with Crippen molar-refractivity contribution in [2.75, 3.05) is 6.54 Å². The number of carbonyl (C=O) groups is 1. The standard InChI is InChI=1S/C17H18N2O2/c1-12(15-8-4-5-10-18-15)19-11-9-13-6-2-3-7-14(13)16(19)17(20)21/h2-8,10,12,16H,9,11H2,1H3,(H,20,21). The molecule has 2 heterocycles. The van der Waals surface area contributed by atoms with Crippen LogP contribution in [-0.2, 0) is 11.2 Å². The number of fused-ring (bicyclic) bond motifs is 1. The zero-order valence-corrected chi connectivity index (χ0v) is 11.9.